The molecule has 2 N–H and O–H groups in total. The number of phenolic OH excluding ortho intramolecular Hbond substituents is 1. The van der Waals surface area contributed by atoms with Crippen molar-refractivity contribution in [2.75, 3.05) is 5.32 Å². The molecule has 0 saturated heterocycles. The molecule has 0 radical (unpaired) electrons. The van der Waals surface area contributed by atoms with Crippen LogP contribution in [0, 0.1) is 11.6 Å². The number of fused-ring (bicyclic) bond motifs is 2. The van der Waals surface area contributed by atoms with Gasteiger partial charge in [-0.1, -0.05) is 60.7 Å². The van der Waals surface area contributed by atoms with Gasteiger partial charge in [0.1, 0.15) is 11.2 Å². The zero-order valence-electron chi connectivity index (χ0n) is 15.1. The monoisotopic (exact) mass is 387 g/mol. The van der Waals surface area contributed by atoms with E-state index in [4.69, 9.17) is 0 Å². The van der Waals surface area contributed by atoms with Gasteiger partial charge in [0, 0.05) is 5.56 Å². The van der Waals surface area contributed by atoms with E-state index in [1.165, 1.54) is 18.2 Å². The van der Waals surface area contributed by atoms with E-state index < -0.39 is 23.0 Å². The van der Waals surface area contributed by atoms with Crippen molar-refractivity contribution < 1.29 is 18.7 Å². The van der Waals surface area contributed by atoms with Crippen molar-refractivity contribution in [1.29, 1.82) is 0 Å². The Hall–Kier alpha value is -3.73. The Morgan fingerprint density at radius 3 is 2.31 bits per heavy atom. The van der Waals surface area contributed by atoms with Crippen LogP contribution >= 0.6 is 0 Å². The Balaban J connectivity index is 1.95. The molecular formula is C24H15F2NO2. The maximum atomic E-state index is 14.6. The molecule has 0 spiro atoms. The number of phenols is 1. The number of benzene rings is 4. The summed E-state index contributed by atoms with van der Waals surface area (Å²) in [4.78, 5) is 13.5. The average molecular weight is 387 g/mol. The molecule has 0 saturated carbocycles. The highest BCUT2D eigenvalue weighted by molar-refractivity contribution is 6.13. The minimum absolute atomic E-state index is 0.0470. The van der Waals surface area contributed by atoms with Crippen molar-refractivity contribution in [2.45, 2.75) is 5.41 Å². The highest BCUT2D eigenvalue weighted by atomic mass is 19.2. The van der Waals surface area contributed by atoms with Crippen molar-refractivity contribution in [3.63, 3.8) is 0 Å². The van der Waals surface area contributed by atoms with Crippen molar-refractivity contribution in [3.8, 4) is 5.75 Å². The number of carbonyl (C=O) groups is 1. The predicted molar refractivity (Wildman–Crippen MR) is 107 cm³/mol. The third-order valence-electron chi connectivity index (χ3n) is 5.57. The van der Waals surface area contributed by atoms with Crippen LogP contribution in [0.2, 0.25) is 0 Å². The van der Waals surface area contributed by atoms with Crippen LogP contribution in [0.4, 0.5) is 14.5 Å². The van der Waals surface area contributed by atoms with Gasteiger partial charge in [-0.25, -0.2) is 8.78 Å². The maximum absolute atomic E-state index is 14.6. The summed E-state index contributed by atoms with van der Waals surface area (Å²) in [6.45, 7) is 0. The normalized spacial score (nSPS) is 17.9. The van der Waals surface area contributed by atoms with Gasteiger partial charge in [0.2, 0.25) is 5.91 Å². The van der Waals surface area contributed by atoms with Crippen molar-refractivity contribution in [1.82, 2.24) is 0 Å². The molecule has 1 atom stereocenters. The summed E-state index contributed by atoms with van der Waals surface area (Å²) in [6.07, 6.45) is 0. The van der Waals surface area contributed by atoms with Gasteiger partial charge in [-0.2, -0.15) is 0 Å². The van der Waals surface area contributed by atoms with Gasteiger partial charge >= 0.3 is 0 Å². The van der Waals surface area contributed by atoms with Crippen LogP contribution in [0.3, 0.4) is 0 Å². The maximum Gasteiger partial charge on any atom is 0.244 e. The SMILES string of the molecule is O=C1Nc2c(ccc(F)c2F)C1(c1ccc(O)cc1)c1cccc2ccccc12. The van der Waals surface area contributed by atoms with Crippen LogP contribution in [0.25, 0.3) is 10.8 Å². The fourth-order valence-electron chi connectivity index (χ4n) is 4.29. The quantitative estimate of drug-likeness (QED) is 0.502. The summed E-state index contributed by atoms with van der Waals surface area (Å²) in [5.74, 6) is -2.54. The second-order valence-corrected chi connectivity index (χ2v) is 7.06. The molecule has 142 valence electrons. The van der Waals surface area contributed by atoms with Crippen LogP contribution < -0.4 is 5.32 Å². The summed E-state index contributed by atoms with van der Waals surface area (Å²) in [5.41, 5.74) is -0.00441. The molecule has 0 aliphatic carbocycles. The van der Waals surface area contributed by atoms with Crippen LogP contribution in [0.15, 0.2) is 78.9 Å². The summed E-state index contributed by atoms with van der Waals surface area (Å²) < 4.78 is 28.5. The molecule has 1 heterocycles. The first-order valence-electron chi connectivity index (χ1n) is 9.11. The van der Waals surface area contributed by atoms with E-state index in [1.54, 1.807) is 12.1 Å². The number of nitrogens with one attached hydrogen (secondary N) is 1. The first-order chi connectivity index (χ1) is 14.0. The Morgan fingerprint density at radius 1 is 0.793 bits per heavy atom. The van der Waals surface area contributed by atoms with Gasteiger partial charge in [-0.3, -0.25) is 4.79 Å². The molecule has 0 fully saturated rings. The molecule has 29 heavy (non-hydrogen) atoms. The molecule has 5 rings (SSSR count). The van der Waals surface area contributed by atoms with Crippen LogP contribution in [0.5, 0.6) is 5.75 Å². The molecule has 0 bridgehead atoms. The lowest BCUT2D eigenvalue weighted by molar-refractivity contribution is -0.118. The molecule has 4 aromatic carbocycles. The van der Waals surface area contributed by atoms with Gasteiger partial charge in [-0.15, -0.1) is 0 Å². The topological polar surface area (TPSA) is 49.3 Å². The lowest BCUT2D eigenvalue weighted by Crippen LogP contribution is -2.37. The molecule has 0 aromatic heterocycles. The number of halogens is 2. The van der Waals surface area contributed by atoms with Crippen molar-refractivity contribution >= 4 is 22.4 Å². The van der Waals surface area contributed by atoms with E-state index in [0.717, 1.165) is 16.8 Å². The molecule has 1 unspecified atom stereocenters. The number of amides is 1. The Morgan fingerprint density at radius 2 is 1.52 bits per heavy atom. The molecule has 1 aliphatic heterocycles. The molecule has 1 aliphatic rings. The second-order valence-electron chi connectivity index (χ2n) is 7.06. The highest BCUT2D eigenvalue weighted by Gasteiger charge is 2.51. The first kappa shape index (κ1) is 17.4. The Labute approximate surface area is 165 Å². The second kappa shape index (κ2) is 6.14. The van der Waals surface area contributed by atoms with E-state index in [-0.39, 0.29) is 11.4 Å². The predicted octanol–water partition coefficient (Wildman–Crippen LogP) is 5.11. The van der Waals surface area contributed by atoms with Crippen LogP contribution in [0.1, 0.15) is 16.7 Å². The van der Waals surface area contributed by atoms with Gasteiger partial charge < -0.3 is 10.4 Å². The third kappa shape index (κ3) is 2.30. The summed E-state index contributed by atoms with van der Waals surface area (Å²) in [5, 5.41) is 14.1. The average Bonchev–Trinajstić information content (AvgIpc) is 3.04. The van der Waals surface area contributed by atoms with Gasteiger partial charge in [0.25, 0.3) is 0 Å². The zero-order chi connectivity index (χ0) is 20.2. The van der Waals surface area contributed by atoms with Crippen molar-refractivity contribution in [3.05, 3.63) is 107 Å². The Kier molecular flexibility index (Phi) is 3.68. The minimum atomic E-state index is -1.39. The molecule has 5 heteroatoms. The van der Waals surface area contributed by atoms with E-state index in [2.05, 4.69) is 5.32 Å². The van der Waals surface area contributed by atoms with Gasteiger partial charge in [0.05, 0.1) is 5.69 Å². The number of rotatable bonds is 2. The smallest absolute Gasteiger partial charge is 0.244 e. The summed E-state index contributed by atoms with van der Waals surface area (Å²) in [6, 6.07) is 21.9. The summed E-state index contributed by atoms with van der Waals surface area (Å²) in [7, 11) is 0. The van der Waals surface area contributed by atoms with Crippen LogP contribution in [-0.4, -0.2) is 11.0 Å². The van der Waals surface area contributed by atoms with Gasteiger partial charge in [0.15, 0.2) is 11.6 Å². The Bertz CT molecular complexity index is 1280. The fourth-order valence-corrected chi connectivity index (χ4v) is 4.29. The number of aromatic hydroxyl groups is 1. The van der Waals surface area contributed by atoms with E-state index in [1.807, 2.05) is 42.5 Å². The molecule has 1 amide bonds. The molecular weight excluding hydrogens is 372 g/mol. The third-order valence-corrected chi connectivity index (χ3v) is 5.57. The fraction of sp³-hybridized carbons (Fsp3) is 0.0417. The molecule has 4 aromatic rings. The number of hydrogen-bond donors (Lipinski definition) is 2. The van der Waals surface area contributed by atoms with Crippen LogP contribution in [-0.2, 0) is 10.2 Å². The zero-order valence-corrected chi connectivity index (χ0v) is 15.1. The highest BCUT2D eigenvalue weighted by Crippen LogP contribution is 2.50. The molecule has 3 nitrogen and oxygen atoms in total. The van der Waals surface area contributed by atoms with Gasteiger partial charge in [-0.05, 0) is 40.1 Å². The first-order valence-corrected chi connectivity index (χ1v) is 9.11. The number of carbonyl (C=O) groups excluding carboxylic acids is 1. The summed E-state index contributed by atoms with van der Waals surface area (Å²) >= 11 is 0. The number of anilines is 1. The van der Waals surface area contributed by atoms with E-state index in [0.29, 0.717) is 16.7 Å². The minimum Gasteiger partial charge on any atom is -0.508 e. The standard InChI is InChI=1S/C24H15F2NO2/c25-20-13-12-19-22(21(20)26)27-23(29)24(19,15-8-10-16(28)11-9-15)18-7-3-5-14-4-1-2-6-17(14)18/h1-13,28H,(H,27,29). The number of hydrogen-bond acceptors (Lipinski definition) is 2. The lowest BCUT2D eigenvalue weighted by Gasteiger charge is -2.30. The lowest BCUT2D eigenvalue weighted by atomic mass is 9.69. The van der Waals surface area contributed by atoms with E-state index in [9.17, 15) is 18.7 Å². The van der Waals surface area contributed by atoms with Crippen molar-refractivity contribution in [2.24, 2.45) is 0 Å². The van der Waals surface area contributed by atoms with E-state index >= 15 is 0 Å². The largest absolute Gasteiger partial charge is 0.508 e.